The first-order chi connectivity index (χ1) is 11.5. The van der Waals surface area contributed by atoms with Gasteiger partial charge in [0.2, 0.25) is 0 Å². The molecule has 0 saturated carbocycles. The van der Waals surface area contributed by atoms with Gasteiger partial charge < -0.3 is 9.84 Å². The maximum absolute atomic E-state index is 12.0. The molecule has 0 fully saturated rings. The Morgan fingerprint density at radius 2 is 1.79 bits per heavy atom. The fourth-order valence-corrected chi connectivity index (χ4v) is 2.05. The maximum Gasteiger partial charge on any atom is 0.310 e. The van der Waals surface area contributed by atoms with E-state index in [4.69, 9.17) is 9.84 Å². The lowest BCUT2D eigenvalue weighted by molar-refractivity contribution is -0.385. The van der Waals surface area contributed by atoms with Crippen LogP contribution in [0.4, 0.5) is 5.69 Å². The van der Waals surface area contributed by atoms with Crippen LogP contribution < -0.4 is 4.74 Å². The van der Waals surface area contributed by atoms with Gasteiger partial charge in [-0.15, -0.1) is 0 Å². The number of ketones is 1. The second kappa shape index (κ2) is 7.87. The number of nitro groups is 1. The normalized spacial score (nSPS) is 10.2. The summed E-state index contributed by atoms with van der Waals surface area (Å²) in [5, 5.41) is 19.7. The van der Waals surface area contributed by atoms with Crippen molar-refractivity contribution in [2.45, 2.75) is 19.4 Å². The zero-order valence-corrected chi connectivity index (χ0v) is 12.7. The smallest absolute Gasteiger partial charge is 0.310 e. The highest BCUT2D eigenvalue weighted by Gasteiger charge is 2.18. The summed E-state index contributed by atoms with van der Waals surface area (Å²) in [7, 11) is 0. The molecule has 0 bridgehead atoms. The molecule has 0 radical (unpaired) electrons. The van der Waals surface area contributed by atoms with Gasteiger partial charge in [-0.1, -0.05) is 30.3 Å². The molecule has 2 rings (SSSR count). The van der Waals surface area contributed by atoms with Crippen LogP contribution in [0.5, 0.6) is 5.75 Å². The quantitative estimate of drug-likeness (QED) is 0.453. The van der Waals surface area contributed by atoms with Crippen molar-refractivity contribution < 1.29 is 24.4 Å². The molecule has 0 spiro atoms. The third-order valence-electron chi connectivity index (χ3n) is 3.28. The van der Waals surface area contributed by atoms with Crippen molar-refractivity contribution in [3.05, 3.63) is 69.8 Å². The first kappa shape index (κ1) is 17.1. The number of carboxylic acids is 1. The van der Waals surface area contributed by atoms with Gasteiger partial charge in [-0.25, -0.2) is 0 Å². The minimum Gasteiger partial charge on any atom is -0.482 e. The average molecular weight is 329 g/mol. The zero-order valence-electron chi connectivity index (χ0n) is 12.7. The Morgan fingerprint density at radius 1 is 1.08 bits per heavy atom. The molecule has 0 saturated heterocycles. The first-order valence-corrected chi connectivity index (χ1v) is 7.17. The van der Waals surface area contributed by atoms with Crippen LogP contribution in [0.25, 0.3) is 0 Å². The number of hydrogen-bond acceptors (Lipinski definition) is 5. The zero-order chi connectivity index (χ0) is 17.5. The van der Waals surface area contributed by atoms with Gasteiger partial charge in [0, 0.05) is 18.1 Å². The van der Waals surface area contributed by atoms with E-state index in [9.17, 15) is 19.7 Å². The van der Waals surface area contributed by atoms with Crippen molar-refractivity contribution in [2.75, 3.05) is 0 Å². The molecule has 0 aromatic heterocycles. The van der Waals surface area contributed by atoms with E-state index >= 15 is 0 Å². The molecule has 0 unspecified atom stereocenters. The molecule has 0 aliphatic rings. The molecule has 0 heterocycles. The third kappa shape index (κ3) is 4.64. The largest absolute Gasteiger partial charge is 0.482 e. The lowest BCUT2D eigenvalue weighted by atomic mass is 10.1. The Labute approximate surface area is 137 Å². The predicted molar refractivity (Wildman–Crippen MR) is 85.1 cm³/mol. The molecular formula is C17H15NO6. The number of aliphatic carboxylic acids is 1. The summed E-state index contributed by atoms with van der Waals surface area (Å²) in [6.07, 6.45) is -0.471. The first-order valence-electron chi connectivity index (χ1n) is 7.17. The molecule has 0 aliphatic heterocycles. The maximum atomic E-state index is 12.0. The molecule has 2 aromatic rings. The summed E-state index contributed by atoms with van der Waals surface area (Å²) >= 11 is 0. The summed E-state index contributed by atoms with van der Waals surface area (Å²) in [6.45, 7) is 0.119. The molecule has 2 aromatic carbocycles. The molecule has 7 nitrogen and oxygen atoms in total. The van der Waals surface area contributed by atoms with Gasteiger partial charge in [-0.05, 0) is 17.7 Å². The number of carboxylic acid groups (broad SMARTS) is 1. The number of rotatable bonds is 8. The van der Waals surface area contributed by atoms with Gasteiger partial charge in [0.05, 0.1) is 11.3 Å². The fourth-order valence-electron chi connectivity index (χ4n) is 2.05. The van der Waals surface area contributed by atoms with Crippen LogP contribution in [0.15, 0.2) is 48.5 Å². The van der Waals surface area contributed by atoms with Crippen molar-refractivity contribution in [3.63, 3.8) is 0 Å². The Morgan fingerprint density at radius 3 is 2.42 bits per heavy atom. The van der Waals surface area contributed by atoms with Gasteiger partial charge in [-0.3, -0.25) is 19.7 Å². The molecule has 0 aliphatic carbocycles. The minimum atomic E-state index is -1.08. The number of hydrogen-bond donors (Lipinski definition) is 1. The molecule has 1 N–H and O–H groups in total. The Bertz CT molecular complexity index is 757. The van der Waals surface area contributed by atoms with Crippen LogP contribution in [-0.4, -0.2) is 21.8 Å². The van der Waals surface area contributed by atoms with E-state index in [0.29, 0.717) is 0 Å². The summed E-state index contributed by atoms with van der Waals surface area (Å²) in [5.74, 6) is -1.51. The van der Waals surface area contributed by atoms with Crippen LogP contribution in [0.2, 0.25) is 0 Å². The molecule has 0 amide bonds. The number of carbonyl (C=O) groups is 2. The Hall–Kier alpha value is -3.22. The Kier molecular flexibility index (Phi) is 5.62. The van der Waals surface area contributed by atoms with Crippen LogP contribution in [0.3, 0.4) is 0 Å². The summed E-state index contributed by atoms with van der Waals surface area (Å²) in [5.41, 5.74) is 0.764. The fraction of sp³-hybridized carbons (Fsp3) is 0.176. The van der Waals surface area contributed by atoms with E-state index < -0.39 is 16.7 Å². The number of nitrogens with zero attached hydrogens (tertiary/aromatic N) is 1. The second-order valence-corrected chi connectivity index (χ2v) is 5.03. The van der Waals surface area contributed by atoms with E-state index in [1.165, 1.54) is 18.2 Å². The van der Waals surface area contributed by atoms with Gasteiger partial charge in [-0.2, -0.15) is 0 Å². The molecule has 7 heteroatoms. The summed E-state index contributed by atoms with van der Waals surface area (Å²) < 4.78 is 5.49. The molecule has 124 valence electrons. The predicted octanol–water partition coefficient (Wildman–Crippen LogP) is 3.22. The monoisotopic (exact) mass is 329 g/mol. The van der Waals surface area contributed by atoms with Crippen molar-refractivity contribution in [2.24, 2.45) is 0 Å². The SMILES string of the molecule is O=C(O)CCC(=O)c1ccc([N+](=O)[O-])c(OCc2ccccc2)c1. The van der Waals surface area contributed by atoms with E-state index in [2.05, 4.69) is 0 Å². The molecule has 24 heavy (non-hydrogen) atoms. The lowest BCUT2D eigenvalue weighted by Crippen LogP contribution is -2.05. The topological polar surface area (TPSA) is 107 Å². The summed E-state index contributed by atoms with van der Waals surface area (Å²) in [4.78, 5) is 33.0. The lowest BCUT2D eigenvalue weighted by Gasteiger charge is -2.08. The highest BCUT2D eigenvalue weighted by atomic mass is 16.6. The van der Waals surface area contributed by atoms with Crippen LogP contribution in [-0.2, 0) is 11.4 Å². The molecular weight excluding hydrogens is 314 g/mol. The average Bonchev–Trinajstić information content (AvgIpc) is 2.58. The van der Waals surface area contributed by atoms with Crippen molar-refractivity contribution >= 4 is 17.4 Å². The number of Topliss-reactive ketones (excluding diaryl/α,β-unsaturated/α-hetero) is 1. The van der Waals surface area contributed by atoms with Crippen LogP contribution in [0, 0.1) is 10.1 Å². The van der Waals surface area contributed by atoms with E-state index in [-0.39, 0.29) is 36.4 Å². The van der Waals surface area contributed by atoms with Crippen molar-refractivity contribution in [1.29, 1.82) is 0 Å². The number of carbonyl (C=O) groups excluding carboxylic acids is 1. The van der Waals surface area contributed by atoms with Gasteiger partial charge in [0.15, 0.2) is 11.5 Å². The Balaban J connectivity index is 2.19. The minimum absolute atomic E-state index is 0.0231. The van der Waals surface area contributed by atoms with Crippen LogP contribution in [0.1, 0.15) is 28.8 Å². The van der Waals surface area contributed by atoms with Gasteiger partial charge in [0.25, 0.3) is 0 Å². The second-order valence-electron chi connectivity index (χ2n) is 5.03. The third-order valence-corrected chi connectivity index (χ3v) is 3.28. The molecule has 0 atom stereocenters. The number of nitro benzene ring substituents is 1. The van der Waals surface area contributed by atoms with Crippen molar-refractivity contribution in [3.8, 4) is 5.75 Å². The van der Waals surface area contributed by atoms with Crippen molar-refractivity contribution in [1.82, 2.24) is 0 Å². The van der Waals surface area contributed by atoms with E-state index in [0.717, 1.165) is 5.56 Å². The van der Waals surface area contributed by atoms with E-state index in [1.807, 2.05) is 30.3 Å². The highest BCUT2D eigenvalue weighted by molar-refractivity contribution is 5.98. The summed E-state index contributed by atoms with van der Waals surface area (Å²) in [6, 6.07) is 12.9. The van der Waals surface area contributed by atoms with Gasteiger partial charge in [0.1, 0.15) is 6.61 Å². The number of benzene rings is 2. The number of ether oxygens (including phenoxy) is 1. The highest BCUT2D eigenvalue weighted by Crippen LogP contribution is 2.29. The van der Waals surface area contributed by atoms with Gasteiger partial charge >= 0.3 is 11.7 Å². The standard InChI is InChI=1S/C17H15NO6/c19-15(8-9-17(20)21)13-6-7-14(18(22)23)16(10-13)24-11-12-4-2-1-3-5-12/h1-7,10H,8-9,11H2,(H,20,21). The van der Waals surface area contributed by atoms with E-state index in [1.54, 1.807) is 0 Å². The van der Waals surface area contributed by atoms with Crippen LogP contribution >= 0.6 is 0 Å².